The molecule has 4 heteroatoms. The normalized spacial score (nSPS) is 10.4. The van der Waals surface area contributed by atoms with Crippen LogP contribution in [0.25, 0.3) is 0 Å². The Hall–Kier alpha value is -2.36. The molecule has 2 aromatic carbocycles. The van der Waals surface area contributed by atoms with Gasteiger partial charge >= 0.3 is 0 Å². The molecule has 2 aromatic rings. The Labute approximate surface area is 136 Å². The van der Waals surface area contributed by atoms with Gasteiger partial charge in [0.25, 0.3) is 0 Å². The molecule has 0 saturated heterocycles. The summed E-state index contributed by atoms with van der Waals surface area (Å²) in [4.78, 5) is 11.8. The van der Waals surface area contributed by atoms with Crippen LogP contribution in [0.15, 0.2) is 36.4 Å². The van der Waals surface area contributed by atoms with Gasteiger partial charge in [0.1, 0.15) is 18.2 Å². The van der Waals surface area contributed by atoms with Crippen molar-refractivity contribution < 1.29 is 13.9 Å². The molecule has 0 radical (unpaired) electrons. The molecule has 2 rings (SSSR count). The maximum absolute atomic E-state index is 13.5. The van der Waals surface area contributed by atoms with Gasteiger partial charge in [0.05, 0.1) is 13.0 Å². The molecule has 0 aliphatic heterocycles. The average molecular weight is 315 g/mol. The van der Waals surface area contributed by atoms with Crippen molar-refractivity contribution in [2.75, 3.05) is 13.2 Å². The van der Waals surface area contributed by atoms with Crippen LogP contribution < -0.4 is 10.1 Å². The molecule has 0 heterocycles. The number of ether oxygens (including phenoxy) is 1. The number of aryl methyl sites for hydroxylation is 2. The third kappa shape index (κ3) is 4.55. The van der Waals surface area contributed by atoms with E-state index in [0.717, 1.165) is 16.9 Å². The fourth-order valence-electron chi connectivity index (χ4n) is 2.37. The molecule has 0 spiro atoms. The number of carbonyl (C=O) groups excluding carboxylic acids is 1. The standard InChI is InChI=1S/C19H22FNO2/c1-13-8-9-14(2)19(15(13)3)23-11-10-21-18(22)12-16-6-4-5-7-17(16)20/h4-9H,10-12H2,1-3H3,(H,21,22). The van der Waals surface area contributed by atoms with Gasteiger partial charge in [0.15, 0.2) is 0 Å². The number of benzene rings is 2. The molecular weight excluding hydrogens is 293 g/mol. The molecule has 1 N–H and O–H groups in total. The lowest BCUT2D eigenvalue weighted by Gasteiger charge is -2.14. The molecule has 0 saturated carbocycles. The van der Waals surface area contributed by atoms with Crippen LogP contribution >= 0.6 is 0 Å². The molecular formula is C19H22FNO2. The van der Waals surface area contributed by atoms with Gasteiger partial charge in [0, 0.05) is 0 Å². The fraction of sp³-hybridized carbons (Fsp3) is 0.316. The van der Waals surface area contributed by atoms with Crippen LogP contribution in [0.3, 0.4) is 0 Å². The van der Waals surface area contributed by atoms with E-state index in [-0.39, 0.29) is 18.1 Å². The largest absolute Gasteiger partial charge is 0.491 e. The number of halogens is 1. The molecule has 1 amide bonds. The molecule has 0 atom stereocenters. The van der Waals surface area contributed by atoms with E-state index in [0.29, 0.717) is 18.7 Å². The minimum atomic E-state index is -0.357. The highest BCUT2D eigenvalue weighted by Crippen LogP contribution is 2.25. The summed E-state index contributed by atoms with van der Waals surface area (Å²) >= 11 is 0. The highest BCUT2D eigenvalue weighted by molar-refractivity contribution is 5.78. The molecule has 0 unspecified atom stereocenters. The Balaban J connectivity index is 1.81. The first-order chi connectivity index (χ1) is 11.0. The molecule has 3 nitrogen and oxygen atoms in total. The van der Waals surface area contributed by atoms with E-state index in [2.05, 4.69) is 11.4 Å². The minimum Gasteiger partial charge on any atom is -0.491 e. The Morgan fingerprint density at radius 2 is 1.78 bits per heavy atom. The number of hydrogen-bond donors (Lipinski definition) is 1. The number of carbonyl (C=O) groups is 1. The Bertz CT molecular complexity index is 698. The van der Waals surface area contributed by atoms with Crippen LogP contribution in [0.1, 0.15) is 22.3 Å². The summed E-state index contributed by atoms with van der Waals surface area (Å²) < 4.78 is 19.3. The number of rotatable bonds is 6. The number of nitrogens with one attached hydrogen (secondary N) is 1. The van der Waals surface area contributed by atoms with Crippen molar-refractivity contribution in [2.24, 2.45) is 0 Å². The van der Waals surface area contributed by atoms with Crippen LogP contribution in [-0.2, 0) is 11.2 Å². The summed E-state index contributed by atoms with van der Waals surface area (Å²) in [6.45, 7) is 6.83. The zero-order valence-corrected chi connectivity index (χ0v) is 13.8. The highest BCUT2D eigenvalue weighted by atomic mass is 19.1. The Morgan fingerprint density at radius 3 is 2.52 bits per heavy atom. The van der Waals surface area contributed by atoms with Crippen molar-refractivity contribution in [3.63, 3.8) is 0 Å². The van der Waals surface area contributed by atoms with Crippen LogP contribution in [0.4, 0.5) is 4.39 Å². The minimum absolute atomic E-state index is 0.0369. The maximum Gasteiger partial charge on any atom is 0.224 e. The van der Waals surface area contributed by atoms with Crippen molar-refractivity contribution in [1.29, 1.82) is 0 Å². The second-order valence-corrected chi connectivity index (χ2v) is 5.62. The first-order valence-corrected chi connectivity index (χ1v) is 7.68. The lowest BCUT2D eigenvalue weighted by atomic mass is 10.1. The molecule has 23 heavy (non-hydrogen) atoms. The van der Waals surface area contributed by atoms with E-state index in [4.69, 9.17) is 4.74 Å². The summed E-state index contributed by atoms with van der Waals surface area (Å²) in [5, 5.41) is 2.75. The monoisotopic (exact) mass is 315 g/mol. The molecule has 0 aromatic heterocycles. The molecule has 0 fully saturated rings. The lowest BCUT2D eigenvalue weighted by Crippen LogP contribution is -2.29. The van der Waals surface area contributed by atoms with E-state index in [1.54, 1.807) is 18.2 Å². The maximum atomic E-state index is 13.5. The number of hydrogen-bond acceptors (Lipinski definition) is 2. The summed E-state index contributed by atoms with van der Waals surface area (Å²) in [5.74, 6) is 0.301. The summed E-state index contributed by atoms with van der Waals surface area (Å²) in [5.41, 5.74) is 3.76. The van der Waals surface area contributed by atoms with Gasteiger partial charge < -0.3 is 10.1 Å². The van der Waals surface area contributed by atoms with Crippen molar-refractivity contribution in [3.05, 3.63) is 64.5 Å². The van der Waals surface area contributed by atoms with Gasteiger partial charge in [-0.15, -0.1) is 0 Å². The fourth-order valence-corrected chi connectivity index (χ4v) is 2.37. The van der Waals surface area contributed by atoms with E-state index >= 15 is 0 Å². The zero-order valence-electron chi connectivity index (χ0n) is 13.8. The van der Waals surface area contributed by atoms with Gasteiger partial charge in [-0.1, -0.05) is 30.3 Å². The van der Waals surface area contributed by atoms with Gasteiger partial charge in [-0.3, -0.25) is 4.79 Å². The summed E-state index contributed by atoms with van der Waals surface area (Å²) in [7, 11) is 0. The zero-order chi connectivity index (χ0) is 16.8. The number of amides is 1. The van der Waals surface area contributed by atoms with Crippen LogP contribution in [-0.4, -0.2) is 19.1 Å². The third-order valence-electron chi connectivity index (χ3n) is 3.85. The quantitative estimate of drug-likeness (QED) is 0.829. The SMILES string of the molecule is Cc1ccc(C)c(OCCNC(=O)Cc2ccccc2F)c1C. The van der Waals surface area contributed by atoms with Gasteiger partial charge in [-0.05, 0) is 49.1 Å². The van der Waals surface area contributed by atoms with E-state index in [9.17, 15) is 9.18 Å². The van der Waals surface area contributed by atoms with Crippen molar-refractivity contribution in [3.8, 4) is 5.75 Å². The van der Waals surface area contributed by atoms with Crippen molar-refractivity contribution >= 4 is 5.91 Å². The van der Waals surface area contributed by atoms with E-state index in [1.807, 2.05) is 26.8 Å². The Kier molecular flexibility index (Phi) is 5.74. The smallest absolute Gasteiger partial charge is 0.224 e. The van der Waals surface area contributed by atoms with E-state index < -0.39 is 0 Å². The molecule has 0 bridgehead atoms. The van der Waals surface area contributed by atoms with Crippen LogP contribution in [0.5, 0.6) is 5.75 Å². The van der Waals surface area contributed by atoms with Gasteiger partial charge in [-0.2, -0.15) is 0 Å². The first-order valence-electron chi connectivity index (χ1n) is 7.68. The second kappa shape index (κ2) is 7.77. The summed E-state index contributed by atoms with van der Waals surface area (Å²) in [6.07, 6.45) is 0.0369. The molecule has 0 aliphatic carbocycles. The van der Waals surface area contributed by atoms with E-state index in [1.165, 1.54) is 11.6 Å². The second-order valence-electron chi connectivity index (χ2n) is 5.62. The molecule has 122 valence electrons. The predicted molar refractivity (Wildman–Crippen MR) is 89.3 cm³/mol. The third-order valence-corrected chi connectivity index (χ3v) is 3.85. The highest BCUT2D eigenvalue weighted by Gasteiger charge is 2.08. The Morgan fingerprint density at radius 1 is 1.09 bits per heavy atom. The predicted octanol–water partition coefficient (Wildman–Crippen LogP) is 3.49. The lowest BCUT2D eigenvalue weighted by molar-refractivity contribution is -0.120. The van der Waals surface area contributed by atoms with Crippen LogP contribution in [0, 0.1) is 26.6 Å². The van der Waals surface area contributed by atoms with Gasteiger partial charge in [-0.25, -0.2) is 4.39 Å². The van der Waals surface area contributed by atoms with Crippen molar-refractivity contribution in [2.45, 2.75) is 27.2 Å². The van der Waals surface area contributed by atoms with Gasteiger partial charge in [0.2, 0.25) is 5.91 Å². The first kappa shape index (κ1) is 17.0. The van der Waals surface area contributed by atoms with Crippen LogP contribution in [0.2, 0.25) is 0 Å². The van der Waals surface area contributed by atoms with Crippen molar-refractivity contribution in [1.82, 2.24) is 5.32 Å². The topological polar surface area (TPSA) is 38.3 Å². The average Bonchev–Trinajstić information content (AvgIpc) is 2.52. The summed E-state index contributed by atoms with van der Waals surface area (Å²) in [6, 6.07) is 10.4. The molecule has 0 aliphatic rings.